The van der Waals surface area contributed by atoms with Crippen LogP contribution in [0.4, 0.5) is 27.5 Å². The van der Waals surface area contributed by atoms with Crippen LogP contribution < -0.4 is 35.2 Å². The summed E-state index contributed by atoms with van der Waals surface area (Å²) in [6.45, 7) is 6.56. The van der Waals surface area contributed by atoms with Crippen molar-refractivity contribution in [3.05, 3.63) is 72.3 Å². The van der Waals surface area contributed by atoms with Crippen LogP contribution >= 0.6 is 0 Å². The van der Waals surface area contributed by atoms with E-state index in [9.17, 15) is 9.59 Å². The van der Waals surface area contributed by atoms with Gasteiger partial charge in [0.05, 0.1) is 36.8 Å². The summed E-state index contributed by atoms with van der Waals surface area (Å²) in [5.41, 5.74) is 3.47. The Kier molecular flexibility index (Phi) is 9.66. The number of para-hydroxylation sites is 4. The number of amides is 3. The van der Waals surface area contributed by atoms with Crippen molar-refractivity contribution in [3.8, 4) is 11.5 Å². The van der Waals surface area contributed by atoms with E-state index >= 15 is 0 Å². The molecule has 0 radical (unpaired) electrons. The van der Waals surface area contributed by atoms with Crippen LogP contribution in [-0.4, -0.2) is 71.1 Å². The molecular formula is C32H39N5O5. The Bertz CT molecular complexity index is 1370. The summed E-state index contributed by atoms with van der Waals surface area (Å²) in [7, 11) is 1.68. The van der Waals surface area contributed by atoms with Crippen molar-refractivity contribution in [1.82, 2.24) is 5.32 Å². The van der Waals surface area contributed by atoms with Crippen molar-refractivity contribution in [2.24, 2.45) is 0 Å². The second-order valence-electron chi connectivity index (χ2n) is 10.2. The van der Waals surface area contributed by atoms with Crippen molar-refractivity contribution < 1.29 is 23.8 Å². The number of carbonyl (C=O) groups excluding carboxylic acids is 2. The number of hydrogen-bond acceptors (Lipinski definition) is 7. The Balaban J connectivity index is 1.32. The number of urea groups is 1. The molecule has 3 aromatic rings. The molecule has 2 aliphatic rings. The second kappa shape index (κ2) is 14.0. The minimum Gasteiger partial charge on any atom is -0.495 e. The van der Waals surface area contributed by atoms with Crippen molar-refractivity contribution in [2.45, 2.75) is 25.9 Å². The standard InChI is InChI=1S/C32H39N5O5/c1-3-41-29-12-6-4-10-26(29)35-32(39)34-23-14-15-27(25(21-23)31(38)33-22-24-9-8-20-42-24)36-16-18-37(19-17-36)28-11-5-7-13-30(28)40-2/h4-7,10-15,21,24H,3,8-9,16-20,22H2,1-2H3,(H,33,38)(H2,34,35,39). The first-order valence-corrected chi connectivity index (χ1v) is 14.5. The van der Waals surface area contributed by atoms with Gasteiger partial charge in [-0.1, -0.05) is 24.3 Å². The number of piperazine rings is 1. The second-order valence-corrected chi connectivity index (χ2v) is 10.2. The molecule has 3 amide bonds. The maximum atomic E-state index is 13.5. The molecule has 3 aromatic carbocycles. The van der Waals surface area contributed by atoms with Crippen molar-refractivity contribution in [1.29, 1.82) is 0 Å². The van der Waals surface area contributed by atoms with Crippen LogP contribution in [-0.2, 0) is 4.74 Å². The average Bonchev–Trinajstić information content (AvgIpc) is 3.55. The molecular weight excluding hydrogens is 534 g/mol. The van der Waals surface area contributed by atoms with E-state index in [-0.39, 0.29) is 12.0 Å². The zero-order valence-corrected chi connectivity index (χ0v) is 24.2. The molecule has 10 nitrogen and oxygen atoms in total. The van der Waals surface area contributed by atoms with Crippen LogP contribution in [0.15, 0.2) is 66.7 Å². The van der Waals surface area contributed by atoms with Gasteiger partial charge in [0.1, 0.15) is 11.5 Å². The smallest absolute Gasteiger partial charge is 0.323 e. The highest BCUT2D eigenvalue weighted by atomic mass is 16.5. The lowest BCUT2D eigenvalue weighted by Gasteiger charge is -2.38. The topological polar surface area (TPSA) is 104 Å². The number of methoxy groups -OCH3 is 1. The predicted molar refractivity (Wildman–Crippen MR) is 165 cm³/mol. The third-order valence-corrected chi connectivity index (χ3v) is 7.49. The van der Waals surface area contributed by atoms with Gasteiger partial charge in [-0.15, -0.1) is 0 Å². The Morgan fingerprint density at radius 1 is 0.905 bits per heavy atom. The van der Waals surface area contributed by atoms with Crippen LogP contribution in [0, 0.1) is 0 Å². The Hall–Kier alpha value is -4.44. The number of nitrogens with one attached hydrogen (secondary N) is 3. The molecule has 0 spiro atoms. The van der Waals surface area contributed by atoms with Gasteiger partial charge in [0.25, 0.3) is 5.91 Å². The van der Waals surface area contributed by atoms with Gasteiger partial charge in [0.15, 0.2) is 0 Å². The molecule has 0 saturated carbocycles. The van der Waals surface area contributed by atoms with Crippen LogP contribution in [0.5, 0.6) is 11.5 Å². The Morgan fingerprint density at radius 3 is 2.33 bits per heavy atom. The van der Waals surface area contributed by atoms with Crippen LogP contribution in [0.3, 0.4) is 0 Å². The first-order chi connectivity index (χ1) is 20.6. The predicted octanol–water partition coefficient (Wildman–Crippen LogP) is 4.97. The third kappa shape index (κ3) is 7.06. The van der Waals surface area contributed by atoms with E-state index in [1.165, 1.54) is 0 Å². The fraction of sp³-hybridized carbons (Fsp3) is 0.375. The summed E-state index contributed by atoms with van der Waals surface area (Å²) in [5.74, 6) is 1.24. The Morgan fingerprint density at radius 2 is 1.62 bits per heavy atom. The van der Waals surface area contributed by atoms with Crippen molar-refractivity contribution in [2.75, 3.05) is 73.5 Å². The molecule has 1 atom stereocenters. The van der Waals surface area contributed by atoms with E-state index < -0.39 is 6.03 Å². The number of ether oxygens (including phenoxy) is 3. The summed E-state index contributed by atoms with van der Waals surface area (Å²) in [4.78, 5) is 30.9. The molecule has 0 aliphatic carbocycles. The molecule has 3 N–H and O–H groups in total. The first kappa shape index (κ1) is 29.1. The van der Waals surface area contributed by atoms with E-state index in [1.54, 1.807) is 25.3 Å². The molecule has 0 aromatic heterocycles. The lowest BCUT2D eigenvalue weighted by molar-refractivity contribution is 0.0858. The summed E-state index contributed by atoms with van der Waals surface area (Å²) >= 11 is 0. The van der Waals surface area contributed by atoms with E-state index in [0.717, 1.165) is 62.8 Å². The highest BCUT2D eigenvalue weighted by molar-refractivity contribution is 6.04. The SMILES string of the molecule is CCOc1ccccc1NC(=O)Nc1ccc(N2CCN(c3ccccc3OC)CC2)c(C(=O)NCC2CCCO2)c1. The first-order valence-electron chi connectivity index (χ1n) is 14.5. The zero-order valence-electron chi connectivity index (χ0n) is 24.2. The minimum absolute atomic E-state index is 0.0271. The molecule has 222 valence electrons. The molecule has 2 fully saturated rings. The quantitative estimate of drug-likeness (QED) is 0.315. The largest absolute Gasteiger partial charge is 0.495 e. The number of nitrogens with zero attached hydrogens (tertiary/aromatic N) is 2. The fourth-order valence-corrected chi connectivity index (χ4v) is 5.39. The molecule has 5 rings (SSSR count). The van der Waals surface area contributed by atoms with E-state index in [2.05, 4.69) is 31.8 Å². The van der Waals surface area contributed by atoms with Gasteiger partial charge in [0.2, 0.25) is 0 Å². The summed E-state index contributed by atoms with van der Waals surface area (Å²) < 4.78 is 16.9. The maximum absolute atomic E-state index is 13.5. The van der Waals surface area contributed by atoms with Gasteiger partial charge >= 0.3 is 6.03 Å². The fourth-order valence-electron chi connectivity index (χ4n) is 5.39. The normalized spacial score (nSPS) is 16.6. The van der Waals surface area contributed by atoms with Gasteiger partial charge in [-0.25, -0.2) is 4.79 Å². The minimum atomic E-state index is -0.425. The molecule has 2 aliphatic heterocycles. The molecule has 1 unspecified atom stereocenters. The maximum Gasteiger partial charge on any atom is 0.323 e. The van der Waals surface area contributed by atoms with Crippen molar-refractivity contribution in [3.63, 3.8) is 0 Å². The van der Waals surface area contributed by atoms with Crippen LogP contribution in [0.2, 0.25) is 0 Å². The number of benzene rings is 3. The van der Waals surface area contributed by atoms with E-state index in [1.807, 2.05) is 49.4 Å². The number of anilines is 4. The number of hydrogen-bond donors (Lipinski definition) is 3. The Labute approximate surface area is 246 Å². The van der Waals surface area contributed by atoms with Gasteiger partial charge in [-0.3, -0.25) is 4.79 Å². The zero-order chi connectivity index (χ0) is 29.3. The van der Waals surface area contributed by atoms with Gasteiger partial charge < -0.3 is 40.0 Å². The van der Waals surface area contributed by atoms with Gasteiger partial charge in [-0.05, 0) is 62.2 Å². The van der Waals surface area contributed by atoms with E-state index in [0.29, 0.717) is 35.8 Å². The van der Waals surface area contributed by atoms with E-state index in [4.69, 9.17) is 14.2 Å². The average molecular weight is 574 g/mol. The summed E-state index contributed by atoms with van der Waals surface area (Å²) in [6.07, 6.45) is 1.96. The molecule has 10 heteroatoms. The van der Waals surface area contributed by atoms with Gasteiger partial charge in [-0.2, -0.15) is 0 Å². The number of carbonyl (C=O) groups is 2. The van der Waals surface area contributed by atoms with Crippen molar-refractivity contribution >= 4 is 34.7 Å². The molecule has 2 saturated heterocycles. The molecule has 0 bridgehead atoms. The third-order valence-electron chi connectivity index (χ3n) is 7.49. The van der Waals surface area contributed by atoms with Crippen LogP contribution in [0.25, 0.3) is 0 Å². The highest BCUT2D eigenvalue weighted by Crippen LogP contribution is 2.31. The lowest BCUT2D eigenvalue weighted by atomic mass is 10.1. The molecule has 2 heterocycles. The lowest BCUT2D eigenvalue weighted by Crippen LogP contribution is -2.47. The number of rotatable bonds is 10. The summed E-state index contributed by atoms with van der Waals surface area (Å²) in [6, 6.07) is 20.3. The monoisotopic (exact) mass is 573 g/mol. The summed E-state index contributed by atoms with van der Waals surface area (Å²) in [5, 5.41) is 8.77. The molecule has 42 heavy (non-hydrogen) atoms. The van der Waals surface area contributed by atoms with Gasteiger partial charge in [0, 0.05) is 50.7 Å². The highest BCUT2D eigenvalue weighted by Gasteiger charge is 2.25. The van der Waals surface area contributed by atoms with Crippen LogP contribution in [0.1, 0.15) is 30.1 Å².